The molecule has 1 aliphatic rings. The van der Waals surface area contributed by atoms with E-state index in [4.69, 9.17) is 0 Å². The second-order valence-corrected chi connectivity index (χ2v) is 6.31. The standard InChI is InChI=1S/C18H22N2O/c1-13-10-14(2)12-20(11-13)18(21)19-17-9-5-7-15-6-3-4-8-16(15)17/h3-9,13-14H,10-12H2,1-2H3,(H,19,21). The summed E-state index contributed by atoms with van der Waals surface area (Å²) in [4.78, 5) is 14.5. The zero-order valence-corrected chi connectivity index (χ0v) is 12.7. The molecule has 0 saturated carbocycles. The van der Waals surface area contributed by atoms with Crippen LogP contribution in [-0.2, 0) is 0 Å². The predicted molar refractivity (Wildman–Crippen MR) is 87.5 cm³/mol. The van der Waals surface area contributed by atoms with E-state index in [1.165, 1.54) is 6.42 Å². The number of nitrogens with one attached hydrogen (secondary N) is 1. The Morgan fingerprint density at radius 3 is 2.48 bits per heavy atom. The molecule has 1 saturated heterocycles. The number of rotatable bonds is 1. The number of likely N-dealkylation sites (tertiary alicyclic amines) is 1. The Morgan fingerprint density at radius 2 is 1.71 bits per heavy atom. The zero-order valence-electron chi connectivity index (χ0n) is 12.7. The summed E-state index contributed by atoms with van der Waals surface area (Å²) in [5, 5.41) is 5.32. The van der Waals surface area contributed by atoms with Crippen molar-refractivity contribution in [2.45, 2.75) is 20.3 Å². The second kappa shape index (κ2) is 5.76. The highest BCUT2D eigenvalue weighted by Gasteiger charge is 2.25. The van der Waals surface area contributed by atoms with Gasteiger partial charge in [0.15, 0.2) is 0 Å². The van der Waals surface area contributed by atoms with Gasteiger partial charge in [0.2, 0.25) is 0 Å². The summed E-state index contributed by atoms with van der Waals surface area (Å²) < 4.78 is 0. The minimum Gasteiger partial charge on any atom is -0.324 e. The highest BCUT2D eigenvalue weighted by atomic mass is 16.2. The lowest BCUT2D eigenvalue weighted by Crippen LogP contribution is -2.44. The molecule has 2 unspecified atom stereocenters. The van der Waals surface area contributed by atoms with Crippen molar-refractivity contribution in [1.29, 1.82) is 0 Å². The number of benzene rings is 2. The number of hydrogen-bond acceptors (Lipinski definition) is 1. The highest BCUT2D eigenvalue weighted by molar-refractivity contribution is 6.01. The highest BCUT2D eigenvalue weighted by Crippen LogP contribution is 2.25. The predicted octanol–water partition coefficient (Wildman–Crippen LogP) is 4.35. The SMILES string of the molecule is CC1CC(C)CN(C(=O)Nc2cccc3ccccc23)C1. The molecular weight excluding hydrogens is 260 g/mol. The summed E-state index contributed by atoms with van der Waals surface area (Å²) >= 11 is 0. The van der Waals surface area contributed by atoms with E-state index >= 15 is 0 Å². The van der Waals surface area contributed by atoms with Crippen LogP contribution >= 0.6 is 0 Å². The summed E-state index contributed by atoms with van der Waals surface area (Å²) in [7, 11) is 0. The van der Waals surface area contributed by atoms with E-state index in [1.54, 1.807) is 0 Å². The summed E-state index contributed by atoms with van der Waals surface area (Å²) in [6, 6.07) is 14.2. The molecule has 0 spiro atoms. The average molecular weight is 282 g/mol. The number of amides is 2. The fourth-order valence-electron chi connectivity index (χ4n) is 3.36. The van der Waals surface area contributed by atoms with E-state index in [2.05, 4.69) is 31.3 Å². The van der Waals surface area contributed by atoms with Gasteiger partial charge >= 0.3 is 6.03 Å². The maximum Gasteiger partial charge on any atom is 0.321 e. The first-order valence-electron chi connectivity index (χ1n) is 7.67. The molecule has 1 aliphatic heterocycles. The molecule has 0 aliphatic carbocycles. The van der Waals surface area contributed by atoms with Crippen molar-refractivity contribution < 1.29 is 4.79 Å². The number of carbonyl (C=O) groups excluding carboxylic acids is 1. The minimum atomic E-state index is 0.0183. The number of fused-ring (bicyclic) bond motifs is 1. The van der Waals surface area contributed by atoms with Crippen molar-refractivity contribution in [2.24, 2.45) is 11.8 Å². The second-order valence-electron chi connectivity index (χ2n) is 6.31. The van der Waals surface area contributed by atoms with Crippen LogP contribution in [0.25, 0.3) is 10.8 Å². The molecule has 0 radical (unpaired) electrons. The van der Waals surface area contributed by atoms with Crippen LogP contribution in [-0.4, -0.2) is 24.0 Å². The van der Waals surface area contributed by atoms with Gasteiger partial charge in [-0.05, 0) is 29.7 Å². The Hall–Kier alpha value is -2.03. The lowest BCUT2D eigenvalue weighted by molar-refractivity contribution is 0.156. The molecule has 3 heteroatoms. The van der Waals surface area contributed by atoms with Crippen LogP contribution in [0.15, 0.2) is 42.5 Å². The Bertz CT molecular complexity index is 637. The van der Waals surface area contributed by atoms with Gasteiger partial charge in [-0.15, -0.1) is 0 Å². The average Bonchev–Trinajstić information content (AvgIpc) is 2.46. The molecule has 2 atom stereocenters. The number of nitrogens with zero attached hydrogens (tertiary/aromatic N) is 1. The first-order chi connectivity index (χ1) is 10.1. The number of urea groups is 1. The van der Waals surface area contributed by atoms with Crippen LogP contribution in [0.2, 0.25) is 0 Å². The molecule has 21 heavy (non-hydrogen) atoms. The largest absolute Gasteiger partial charge is 0.324 e. The van der Waals surface area contributed by atoms with Crippen LogP contribution in [0.1, 0.15) is 20.3 Å². The topological polar surface area (TPSA) is 32.3 Å². The molecule has 2 aromatic carbocycles. The van der Waals surface area contributed by atoms with Crippen molar-refractivity contribution in [1.82, 2.24) is 4.90 Å². The molecule has 0 bridgehead atoms. The smallest absolute Gasteiger partial charge is 0.321 e. The third-order valence-electron chi connectivity index (χ3n) is 4.19. The van der Waals surface area contributed by atoms with Crippen molar-refractivity contribution in [2.75, 3.05) is 18.4 Å². The molecule has 1 fully saturated rings. The molecule has 1 heterocycles. The number of hydrogen-bond donors (Lipinski definition) is 1. The van der Waals surface area contributed by atoms with E-state index in [0.29, 0.717) is 11.8 Å². The maximum absolute atomic E-state index is 12.5. The van der Waals surface area contributed by atoms with Crippen molar-refractivity contribution in [3.8, 4) is 0 Å². The van der Waals surface area contributed by atoms with Crippen LogP contribution < -0.4 is 5.32 Å². The third-order valence-corrected chi connectivity index (χ3v) is 4.19. The van der Waals surface area contributed by atoms with Crippen LogP contribution in [0, 0.1) is 11.8 Å². The molecule has 110 valence electrons. The lowest BCUT2D eigenvalue weighted by atomic mass is 9.92. The molecule has 3 rings (SSSR count). The molecule has 0 aromatic heterocycles. The van der Waals surface area contributed by atoms with Crippen LogP contribution in [0.4, 0.5) is 10.5 Å². The van der Waals surface area contributed by atoms with Crippen molar-refractivity contribution >= 4 is 22.5 Å². The van der Waals surface area contributed by atoms with Gasteiger partial charge in [-0.25, -0.2) is 4.79 Å². The fourth-order valence-corrected chi connectivity index (χ4v) is 3.36. The Balaban J connectivity index is 1.80. The third kappa shape index (κ3) is 3.02. The van der Waals surface area contributed by atoms with E-state index in [-0.39, 0.29) is 6.03 Å². The first-order valence-corrected chi connectivity index (χ1v) is 7.67. The van der Waals surface area contributed by atoms with Crippen molar-refractivity contribution in [3.63, 3.8) is 0 Å². The van der Waals surface area contributed by atoms with Gasteiger partial charge < -0.3 is 10.2 Å². The lowest BCUT2D eigenvalue weighted by Gasteiger charge is -2.35. The molecule has 2 amide bonds. The zero-order chi connectivity index (χ0) is 14.8. The van der Waals surface area contributed by atoms with Gasteiger partial charge in [0, 0.05) is 18.5 Å². The quantitative estimate of drug-likeness (QED) is 0.828. The normalized spacial score (nSPS) is 22.3. The first kappa shape index (κ1) is 13.9. The minimum absolute atomic E-state index is 0.0183. The monoisotopic (exact) mass is 282 g/mol. The van der Waals surface area contributed by atoms with Gasteiger partial charge in [0.1, 0.15) is 0 Å². The van der Waals surface area contributed by atoms with Crippen LogP contribution in [0.3, 0.4) is 0 Å². The number of anilines is 1. The Labute approximate surface area is 125 Å². The summed E-state index contributed by atoms with van der Waals surface area (Å²) in [6.45, 7) is 6.13. The number of piperidine rings is 1. The summed E-state index contributed by atoms with van der Waals surface area (Å²) in [6.07, 6.45) is 1.21. The van der Waals surface area contributed by atoms with Gasteiger partial charge in [0.05, 0.1) is 5.69 Å². The van der Waals surface area contributed by atoms with E-state index in [1.807, 2.05) is 35.2 Å². The summed E-state index contributed by atoms with van der Waals surface area (Å²) in [5.74, 6) is 1.15. The Morgan fingerprint density at radius 1 is 1.05 bits per heavy atom. The molecular formula is C18H22N2O. The van der Waals surface area contributed by atoms with Crippen LogP contribution in [0.5, 0.6) is 0 Å². The Kier molecular flexibility index (Phi) is 3.82. The summed E-state index contributed by atoms with van der Waals surface area (Å²) in [5.41, 5.74) is 0.893. The van der Waals surface area contributed by atoms with E-state index in [0.717, 1.165) is 29.5 Å². The van der Waals surface area contributed by atoms with Crippen molar-refractivity contribution in [3.05, 3.63) is 42.5 Å². The molecule has 1 N–H and O–H groups in total. The molecule has 2 aromatic rings. The molecule has 3 nitrogen and oxygen atoms in total. The number of carbonyl (C=O) groups is 1. The van der Waals surface area contributed by atoms with Gasteiger partial charge in [-0.3, -0.25) is 0 Å². The van der Waals surface area contributed by atoms with E-state index in [9.17, 15) is 4.79 Å². The fraction of sp³-hybridized carbons (Fsp3) is 0.389. The van der Waals surface area contributed by atoms with Gasteiger partial charge in [0.25, 0.3) is 0 Å². The maximum atomic E-state index is 12.5. The van der Waals surface area contributed by atoms with Gasteiger partial charge in [-0.1, -0.05) is 50.2 Å². The van der Waals surface area contributed by atoms with E-state index < -0.39 is 0 Å². The van der Waals surface area contributed by atoms with Gasteiger partial charge in [-0.2, -0.15) is 0 Å².